The van der Waals surface area contributed by atoms with Crippen LogP contribution in [0.25, 0.3) is 0 Å². The Morgan fingerprint density at radius 2 is 1.85 bits per heavy atom. The molecule has 4 N–H and O–H groups in total. The van der Waals surface area contributed by atoms with Gasteiger partial charge in [0.1, 0.15) is 5.82 Å². The van der Waals surface area contributed by atoms with Crippen molar-refractivity contribution in [3.05, 3.63) is 47.2 Å². The lowest BCUT2D eigenvalue weighted by Gasteiger charge is -2.27. The number of nitrogens with zero attached hydrogens (tertiary/aromatic N) is 3. The largest absolute Gasteiger partial charge is 0.370 e. The first-order valence-corrected chi connectivity index (χ1v) is 9.61. The van der Waals surface area contributed by atoms with E-state index in [4.69, 9.17) is 5.73 Å². The molecule has 26 heavy (non-hydrogen) atoms. The Morgan fingerprint density at radius 3 is 2.58 bits per heavy atom. The van der Waals surface area contributed by atoms with Crippen LogP contribution in [0.1, 0.15) is 36.6 Å². The molecule has 6 nitrogen and oxygen atoms in total. The van der Waals surface area contributed by atoms with Crippen molar-refractivity contribution in [1.82, 2.24) is 20.2 Å². The number of aromatic nitrogens is 2. The van der Waals surface area contributed by atoms with Crippen molar-refractivity contribution in [2.75, 3.05) is 43.8 Å². The molecule has 0 radical (unpaired) electrons. The third-order valence-electron chi connectivity index (χ3n) is 4.66. The number of hydrogen-bond acceptors (Lipinski definition) is 6. The molecular formula is C20H30N6. The zero-order valence-corrected chi connectivity index (χ0v) is 15.7. The minimum atomic E-state index is 0.330. The molecule has 0 saturated carbocycles. The minimum Gasteiger partial charge on any atom is -0.370 e. The number of nitrogens with one attached hydrogen (secondary N) is 2. The lowest BCUT2D eigenvalue weighted by Crippen LogP contribution is -2.42. The molecule has 0 aliphatic carbocycles. The number of benzene rings is 1. The highest BCUT2D eigenvalue weighted by atomic mass is 15.2. The van der Waals surface area contributed by atoms with Gasteiger partial charge in [-0.25, -0.2) is 4.98 Å². The molecule has 1 saturated heterocycles. The first kappa shape index (κ1) is 18.6. The summed E-state index contributed by atoms with van der Waals surface area (Å²) in [4.78, 5) is 11.1. The predicted molar refractivity (Wildman–Crippen MR) is 107 cm³/mol. The van der Waals surface area contributed by atoms with Gasteiger partial charge in [-0.15, -0.1) is 0 Å². The summed E-state index contributed by atoms with van der Waals surface area (Å²) in [6.45, 7) is 8.52. The molecule has 1 fully saturated rings. The van der Waals surface area contributed by atoms with Crippen LogP contribution in [0.4, 0.5) is 11.8 Å². The van der Waals surface area contributed by atoms with E-state index in [1.807, 2.05) is 6.07 Å². The fraction of sp³-hybridized carbons (Fsp3) is 0.500. The standard InChI is InChI=1S/C20H30N6/c1-2-3-8-23-19-14-18(24-20(21)25-19)13-16-4-6-17(7-5-16)15-26-11-9-22-10-12-26/h4-7,14,22H,2-3,8-13,15H2,1H3,(H3,21,23,24,25). The second-order valence-electron chi connectivity index (χ2n) is 6.90. The van der Waals surface area contributed by atoms with Crippen molar-refractivity contribution in [3.8, 4) is 0 Å². The Kier molecular flexibility index (Phi) is 6.80. The molecule has 0 bridgehead atoms. The van der Waals surface area contributed by atoms with E-state index in [-0.39, 0.29) is 0 Å². The molecule has 0 amide bonds. The van der Waals surface area contributed by atoms with Gasteiger partial charge in [0.2, 0.25) is 5.95 Å². The summed E-state index contributed by atoms with van der Waals surface area (Å²) < 4.78 is 0. The average molecular weight is 355 g/mol. The number of anilines is 2. The lowest BCUT2D eigenvalue weighted by molar-refractivity contribution is 0.233. The summed E-state index contributed by atoms with van der Waals surface area (Å²) in [6, 6.07) is 10.8. The Labute approximate surface area is 156 Å². The van der Waals surface area contributed by atoms with E-state index in [2.05, 4.69) is 56.7 Å². The van der Waals surface area contributed by atoms with Gasteiger partial charge in [-0.1, -0.05) is 37.6 Å². The van der Waals surface area contributed by atoms with Crippen LogP contribution in [0.2, 0.25) is 0 Å². The van der Waals surface area contributed by atoms with E-state index in [0.717, 1.165) is 70.0 Å². The van der Waals surface area contributed by atoms with Crippen LogP contribution in [0.15, 0.2) is 30.3 Å². The highest BCUT2D eigenvalue weighted by Gasteiger charge is 2.10. The number of piperazine rings is 1. The van der Waals surface area contributed by atoms with Gasteiger partial charge >= 0.3 is 0 Å². The van der Waals surface area contributed by atoms with Crippen LogP contribution >= 0.6 is 0 Å². The zero-order valence-electron chi connectivity index (χ0n) is 15.7. The Balaban J connectivity index is 1.59. The molecule has 2 aromatic rings. The van der Waals surface area contributed by atoms with Crippen molar-refractivity contribution in [2.45, 2.75) is 32.7 Å². The molecule has 2 heterocycles. The minimum absolute atomic E-state index is 0.330. The van der Waals surface area contributed by atoms with E-state index in [9.17, 15) is 0 Å². The Hall–Kier alpha value is -2.18. The van der Waals surface area contributed by atoms with Crippen molar-refractivity contribution in [2.24, 2.45) is 0 Å². The first-order chi connectivity index (χ1) is 12.7. The molecule has 1 aromatic carbocycles. The van der Waals surface area contributed by atoms with Crippen LogP contribution in [0.3, 0.4) is 0 Å². The van der Waals surface area contributed by atoms with E-state index in [0.29, 0.717) is 5.95 Å². The van der Waals surface area contributed by atoms with Gasteiger partial charge in [0.15, 0.2) is 0 Å². The van der Waals surface area contributed by atoms with Gasteiger partial charge in [0, 0.05) is 51.8 Å². The summed E-state index contributed by atoms with van der Waals surface area (Å²) in [6.07, 6.45) is 3.04. The highest BCUT2D eigenvalue weighted by molar-refractivity contribution is 5.41. The molecule has 0 spiro atoms. The van der Waals surface area contributed by atoms with Crippen molar-refractivity contribution in [3.63, 3.8) is 0 Å². The molecule has 3 rings (SSSR count). The zero-order chi connectivity index (χ0) is 18.2. The molecular weight excluding hydrogens is 324 g/mol. The maximum Gasteiger partial charge on any atom is 0.222 e. The van der Waals surface area contributed by atoms with Crippen molar-refractivity contribution in [1.29, 1.82) is 0 Å². The summed E-state index contributed by atoms with van der Waals surface area (Å²) in [7, 11) is 0. The molecule has 0 unspecified atom stereocenters. The molecule has 6 heteroatoms. The van der Waals surface area contributed by atoms with Gasteiger partial charge in [0.05, 0.1) is 5.69 Å². The Morgan fingerprint density at radius 1 is 1.12 bits per heavy atom. The topological polar surface area (TPSA) is 79.1 Å². The molecule has 140 valence electrons. The van der Waals surface area contributed by atoms with Crippen LogP contribution in [0.5, 0.6) is 0 Å². The van der Waals surface area contributed by atoms with Crippen LogP contribution < -0.4 is 16.4 Å². The molecule has 0 atom stereocenters. The van der Waals surface area contributed by atoms with Crippen LogP contribution in [-0.4, -0.2) is 47.6 Å². The van der Waals surface area contributed by atoms with Crippen LogP contribution in [-0.2, 0) is 13.0 Å². The molecule has 1 aromatic heterocycles. The Bertz CT molecular complexity index is 679. The fourth-order valence-corrected chi connectivity index (χ4v) is 3.19. The summed E-state index contributed by atoms with van der Waals surface area (Å²) in [5, 5.41) is 6.72. The third-order valence-corrected chi connectivity index (χ3v) is 4.66. The van der Waals surface area contributed by atoms with E-state index >= 15 is 0 Å². The SMILES string of the molecule is CCCCNc1cc(Cc2ccc(CN3CCNCC3)cc2)nc(N)n1. The number of nitrogen functional groups attached to an aromatic ring is 1. The predicted octanol–water partition coefficient (Wildman–Crippen LogP) is 2.27. The fourth-order valence-electron chi connectivity index (χ4n) is 3.19. The first-order valence-electron chi connectivity index (χ1n) is 9.61. The van der Waals surface area contributed by atoms with E-state index < -0.39 is 0 Å². The smallest absolute Gasteiger partial charge is 0.222 e. The van der Waals surface area contributed by atoms with Crippen molar-refractivity contribution >= 4 is 11.8 Å². The maximum absolute atomic E-state index is 5.87. The van der Waals surface area contributed by atoms with Crippen molar-refractivity contribution < 1.29 is 0 Å². The number of rotatable bonds is 8. The molecule has 1 aliphatic rings. The summed E-state index contributed by atoms with van der Waals surface area (Å²) >= 11 is 0. The quantitative estimate of drug-likeness (QED) is 0.631. The van der Waals surface area contributed by atoms with Crippen LogP contribution in [0, 0.1) is 0 Å². The monoisotopic (exact) mass is 354 g/mol. The second kappa shape index (κ2) is 9.50. The number of unbranched alkanes of at least 4 members (excludes halogenated alkanes) is 1. The van der Waals surface area contributed by atoms with Gasteiger partial charge in [-0.05, 0) is 17.5 Å². The highest BCUT2D eigenvalue weighted by Crippen LogP contribution is 2.15. The summed E-state index contributed by atoms with van der Waals surface area (Å²) in [5.41, 5.74) is 9.43. The average Bonchev–Trinajstić information content (AvgIpc) is 2.64. The summed E-state index contributed by atoms with van der Waals surface area (Å²) in [5.74, 6) is 1.15. The third kappa shape index (κ3) is 5.68. The molecule has 1 aliphatic heterocycles. The van der Waals surface area contributed by atoms with Gasteiger partial charge < -0.3 is 16.4 Å². The maximum atomic E-state index is 5.87. The number of hydrogen-bond donors (Lipinski definition) is 3. The second-order valence-corrected chi connectivity index (χ2v) is 6.90. The van der Waals surface area contributed by atoms with Gasteiger partial charge in [-0.3, -0.25) is 4.90 Å². The van der Waals surface area contributed by atoms with Gasteiger partial charge in [-0.2, -0.15) is 4.98 Å². The van der Waals surface area contributed by atoms with E-state index in [1.165, 1.54) is 11.1 Å². The number of nitrogens with two attached hydrogens (primary N) is 1. The lowest BCUT2D eigenvalue weighted by atomic mass is 10.1. The normalized spacial score (nSPS) is 15.1. The van der Waals surface area contributed by atoms with Gasteiger partial charge in [0.25, 0.3) is 0 Å². The van der Waals surface area contributed by atoms with E-state index in [1.54, 1.807) is 0 Å².